The molecule has 6 aromatic rings. The Hall–Kier alpha value is -3.62. The number of benzene rings is 2. The molecule has 6 rings (SSSR count). The molecule has 0 amide bonds. The SMILES string of the molecule is COc1cc(SCc2csc(-c3ccccc3)n2)c2cc(-c3cn4nc(C)ccc4n3)oc2c1. The van der Waals surface area contributed by atoms with Crippen molar-refractivity contribution in [2.24, 2.45) is 0 Å². The molecule has 0 atom stereocenters. The van der Waals surface area contributed by atoms with Crippen LogP contribution >= 0.6 is 23.1 Å². The van der Waals surface area contributed by atoms with E-state index in [0.29, 0.717) is 5.76 Å². The van der Waals surface area contributed by atoms with Crippen molar-refractivity contribution in [1.29, 1.82) is 0 Å². The lowest BCUT2D eigenvalue weighted by Crippen LogP contribution is -1.91. The molecule has 4 heterocycles. The van der Waals surface area contributed by atoms with Gasteiger partial charge in [-0.15, -0.1) is 23.1 Å². The maximum atomic E-state index is 6.20. The van der Waals surface area contributed by atoms with Crippen molar-refractivity contribution in [2.45, 2.75) is 17.6 Å². The highest BCUT2D eigenvalue weighted by Crippen LogP contribution is 2.38. The summed E-state index contributed by atoms with van der Waals surface area (Å²) in [6, 6.07) is 20.2. The van der Waals surface area contributed by atoms with Gasteiger partial charge in [0, 0.05) is 33.0 Å². The molecule has 0 N–H and O–H groups in total. The van der Waals surface area contributed by atoms with Crippen LogP contribution in [-0.2, 0) is 5.75 Å². The van der Waals surface area contributed by atoms with E-state index in [-0.39, 0.29) is 0 Å². The summed E-state index contributed by atoms with van der Waals surface area (Å²) in [5.74, 6) is 2.21. The molecule has 0 radical (unpaired) electrons. The van der Waals surface area contributed by atoms with Crippen molar-refractivity contribution in [2.75, 3.05) is 7.11 Å². The fraction of sp³-hybridized carbons (Fsp3) is 0.115. The average Bonchev–Trinajstić information content (AvgIpc) is 3.60. The fourth-order valence-corrected chi connectivity index (χ4v) is 5.68. The highest BCUT2D eigenvalue weighted by atomic mass is 32.2. The molecule has 0 unspecified atom stereocenters. The maximum absolute atomic E-state index is 6.20. The molecule has 6 nitrogen and oxygen atoms in total. The van der Waals surface area contributed by atoms with Gasteiger partial charge >= 0.3 is 0 Å². The molecule has 0 saturated carbocycles. The number of aromatic nitrogens is 4. The number of thioether (sulfide) groups is 1. The Bertz CT molecular complexity index is 1620. The van der Waals surface area contributed by atoms with Gasteiger partial charge in [-0.05, 0) is 31.2 Å². The largest absolute Gasteiger partial charge is 0.497 e. The van der Waals surface area contributed by atoms with E-state index in [1.165, 1.54) is 0 Å². The smallest absolute Gasteiger partial charge is 0.155 e. The quantitative estimate of drug-likeness (QED) is 0.240. The number of rotatable bonds is 6. The van der Waals surface area contributed by atoms with Gasteiger partial charge < -0.3 is 9.15 Å². The normalized spacial score (nSPS) is 11.5. The van der Waals surface area contributed by atoms with Gasteiger partial charge in [0.25, 0.3) is 0 Å². The third-order valence-electron chi connectivity index (χ3n) is 5.46. The van der Waals surface area contributed by atoms with Gasteiger partial charge in [-0.1, -0.05) is 30.3 Å². The van der Waals surface area contributed by atoms with Crippen molar-refractivity contribution >= 4 is 39.7 Å². The second-order valence-corrected chi connectivity index (χ2v) is 9.73. The number of hydrogen-bond donors (Lipinski definition) is 0. The summed E-state index contributed by atoms with van der Waals surface area (Å²) < 4.78 is 13.5. The minimum atomic E-state index is 0.702. The number of hydrogen-bond acceptors (Lipinski definition) is 7. The van der Waals surface area contributed by atoms with E-state index in [0.717, 1.165) is 60.7 Å². The Labute approximate surface area is 204 Å². The maximum Gasteiger partial charge on any atom is 0.155 e. The Morgan fingerprint density at radius 1 is 1.06 bits per heavy atom. The molecular weight excluding hydrogens is 464 g/mol. The van der Waals surface area contributed by atoms with Crippen LogP contribution in [0, 0.1) is 6.92 Å². The zero-order chi connectivity index (χ0) is 23.1. The number of furan rings is 1. The molecule has 2 aromatic carbocycles. The molecule has 0 bridgehead atoms. The monoisotopic (exact) mass is 484 g/mol. The van der Waals surface area contributed by atoms with Crippen molar-refractivity contribution in [3.05, 3.63) is 83.6 Å². The lowest BCUT2D eigenvalue weighted by molar-refractivity contribution is 0.413. The summed E-state index contributed by atoms with van der Waals surface area (Å²) in [4.78, 5) is 10.6. The van der Waals surface area contributed by atoms with Gasteiger partial charge in [0.15, 0.2) is 11.4 Å². The number of thiazole rings is 1. The van der Waals surface area contributed by atoms with Crippen LogP contribution in [0.4, 0.5) is 0 Å². The molecule has 34 heavy (non-hydrogen) atoms. The minimum absolute atomic E-state index is 0.702. The summed E-state index contributed by atoms with van der Waals surface area (Å²) in [6.45, 7) is 1.96. The van der Waals surface area contributed by atoms with Gasteiger partial charge in [-0.25, -0.2) is 14.5 Å². The standard InChI is InChI=1S/C26H20N4O2S2/c1-16-8-9-25-28-21(13-30(25)29-16)23-12-20-22(32-23)10-19(31-2)11-24(20)33-14-18-15-34-26(27-18)17-6-4-3-5-7-17/h3-13,15H,14H2,1-2H3. The van der Waals surface area contributed by atoms with E-state index in [2.05, 4.69) is 27.6 Å². The molecule has 4 aromatic heterocycles. The minimum Gasteiger partial charge on any atom is -0.497 e. The van der Waals surface area contributed by atoms with Crippen molar-refractivity contribution in [1.82, 2.24) is 19.6 Å². The third-order valence-corrected chi connectivity index (χ3v) is 7.49. The second-order valence-electron chi connectivity index (χ2n) is 7.85. The molecule has 0 saturated heterocycles. The summed E-state index contributed by atoms with van der Waals surface area (Å²) >= 11 is 3.39. The van der Waals surface area contributed by atoms with E-state index in [4.69, 9.17) is 14.1 Å². The predicted octanol–water partition coefficient (Wildman–Crippen LogP) is 6.88. The van der Waals surface area contributed by atoms with E-state index in [1.54, 1.807) is 34.7 Å². The van der Waals surface area contributed by atoms with E-state index < -0.39 is 0 Å². The zero-order valence-corrected chi connectivity index (χ0v) is 20.2. The molecule has 168 valence electrons. The van der Waals surface area contributed by atoms with E-state index in [9.17, 15) is 0 Å². The molecule has 0 spiro atoms. The number of nitrogens with zero attached hydrogens (tertiary/aromatic N) is 4. The first kappa shape index (κ1) is 20.9. The third kappa shape index (κ3) is 3.95. The van der Waals surface area contributed by atoms with Crippen LogP contribution < -0.4 is 4.74 Å². The zero-order valence-electron chi connectivity index (χ0n) is 18.6. The first-order valence-electron chi connectivity index (χ1n) is 10.7. The van der Waals surface area contributed by atoms with Crippen LogP contribution in [0.25, 0.3) is 38.6 Å². The summed E-state index contributed by atoms with van der Waals surface area (Å²) in [6.07, 6.45) is 1.89. The van der Waals surface area contributed by atoms with Crippen LogP contribution in [0.15, 0.2) is 81.6 Å². The predicted molar refractivity (Wildman–Crippen MR) is 137 cm³/mol. The van der Waals surface area contributed by atoms with Crippen molar-refractivity contribution in [3.63, 3.8) is 0 Å². The van der Waals surface area contributed by atoms with Crippen LogP contribution in [-0.4, -0.2) is 26.7 Å². The summed E-state index contributed by atoms with van der Waals surface area (Å²) in [5, 5.41) is 8.68. The lowest BCUT2D eigenvalue weighted by Gasteiger charge is -2.05. The first-order chi connectivity index (χ1) is 16.7. The molecular formula is C26H20N4O2S2. The van der Waals surface area contributed by atoms with E-state index in [1.807, 2.05) is 61.7 Å². The number of methoxy groups -OCH3 is 1. The number of aryl methyl sites for hydroxylation is 1. The molecule has 8 heteroatoms. The van der Waals surface area contributed by atoms with Gasteiger partial charge in [0.2, 0.25) is 0 Å². The first-order valence-corrected chi connectivity index (χ1v) is 12.6. The van der Waals surface area contributed by atoms with Gasteiger partial charge in [-0.2, -0.15) is 5.10 Å². The Morgan fingerprint density at radius 3 is 2.79 bits per heavy atom. The molecule has 0 fully saturated rings. The topological polar surface area (TPSA) is 65.5 Å². The van der Waals surface area contributed by atoms with Crippen LogP contribution in [0.2, 0.25) is 0 Å². The number of fused-ring (bicyclic) bond motifs is 2. The van der Waals surface area contributed by atoms with Crippen LogP contribution in [0.5, 0.6) is 5.75 Å². The van der Waals surface area contributed by atoms with Crippen molar-refractivity contribution in [3.8, 4) is 27.8 Å². The highest BCUT2D eigenvalue weighted by molar-refractivity contribution is 7.98. The second kappa shape index (κ2) is 8.62. The summed E-state index contributed by atoms with van der Waals surface area (Å²) in [7, 11) is 1.67. The lowest BCUT2D eigenvalue weighted by atomic mass is 10.2. The van der Waals surface area contributed by atoms with Gasteiger partial charge in [0.05, 0.1) is 24.7 Å². The Balaban J connectivity index is 1.32. The average molecular weight is 485 g/mol. The van der Waals surface area contributed by atoms with Crippen molar-refractivity contribution < 1.29 is 9.15 Å². The van der Waals surface area contributed by atoms with Gasteiger partial charge in [-0.3, -0.25) is 0 Å². The Kier molecular flexibility index (Phi) is 5.31. The highest BCUT2D eigenvalue weighted by Gasteiger charge is 2.16. The summed E-state index contributed by atoms with van der Waals surface area (Å²) in [5.41, 5.74) is 5.42. The number of ether oxygens (including phenoxy) is 1. The fourth-order valence-electron chi connectivity index (χ4n) is 3.78. The molecule has 0 aliphatic rings. The molecule has 0 aliphatic heterocycles. The van der Waals surface area contributed by atoms with Gasteiger partial charge in [0.1, 0.15) is 22.0 Å². The number of imidazole rings is 1. The molecule has 0 aliphatic carbocycles. The Morgan fingerprint density at radius 2 is 1.94 bits per heavy atom. The van der Waals surface area contributed by atoms with Crippen LogP contribution in [0.1, 0.15) is 11.4 Å². The van der Waals surface area contributed by atoms with E-state index >= 15 is 0 Å². The van der Waals surface area contributed by atoms with Crippen LogP contribution in [0.3, 0.4) is 0 Å².